The third-order valence-corrected chi connectivity index (χ3v) is 4.32. The molecular formula is C16H27N3OS. The van der Waals surface area contributed by atoms with Crippen molar-refractivity contribution in [2.75, 3.05) is 19.6 Å². The molecular weight excluding hydrogens is 282 g/mol. The number of nitrogens with one attached hydrogen (secondary N) is 1. The molecule has 0 bridgehead atoms. The second-order valence-electron chi connectivity index (χ2n) is 6.81. The molecule has 1 saturated heterocycles. The molecule has 1 aliphatic rings. The Morgan fingerprint density at radius 2 is 2.10 bits per heavy atom. The van der Waals surface area contributed by atoms with E-state index in [0.717, 1.165) is 55.7 Å². The zero-order chi connectivity index (χ0) is 15.5. The van der Waals surface area contributed by atoms with Gasteiger partial charge in [-0.2, -0.15) is 0 Å². The summed E-state index contributed by atoms with van der Waals surface area (Å²) in [6.45, 7) is 11.5. The number of oxazole rings is 1. The molecule has 0 radical (unpaired) electrons. The lowest BCUT2D eigenvalue weighted by Crippen LogP contribution is -2.44. The van der Waals surface area contributed by atoms with E-state index in [1.165, 1.54) is 0 Å². The minimum Gasteiger partial charge on any atom is -0.445 e. The summed E-state index contributed by atoms with van der Waals surface area (Å²) in [6, 6.07) is 0. The molecule has 5 heteroatoms. The number of rotatable bonds is 3. The van der Waals surface area contributed by atoms with Gasteiger partial charge in [-0.1, -0.05) is 27.7 Å². The highest BCUT2D eigenvalue weighted by molar-refractivity contribution is 7.80. The summed E-state index contributed by atoms with van der Waals surface area (Å²) < 4.78 is 5.97. The first-order chi connectivity index (χ1) is 9.91. The van der Waals surface area contributed by atoms with Crippen LogP contribution in [0.5, 0.6) is 0 Å². The molecule has 21 heavy (non-hydrogen) atoms. The lowest BCUT2D eigenvalue weighted by atomic mass is 9.94. The molecule has 0 aliphatic carbocycles. The van der Waals surface area contributed by atoms with Crippen LogP contribution in [0.25, 0.3) is 0 Å². The van der Waals surface area contributed by atoms with Crippen LogP contribution in [-0.2, 0) is 5.41 Å². The summed E-state index contributed by atoms with van der Waals surface area (Å²) >= 11 is 5.42. The van der Waals surface area contributed by atoms with E-state index in [1.54, 1.807) is 0 Å². The highest BCUT2D eigenvalue weighted by atomic mass is 32.1. The molecule has 0 atom stereocenters. The lowest BCUT2D eigenvalue weighted by molar-refractivity contribution is 0.271. The fourth-order valence-electron chi connectivity index (χ4n) is 2.50. The minimum absolute atomic E-state index is 0.0254. The summed E-state index contributed by atoms with van der Waals surface area (Å²) in [5.74, 6) is 2.29. The van der Waals surface area contributed by atoms with Gasteiger partial charge in [-0.3, -0.25) is 0 Å². The number of nitrogens with zero attached hydrogens (tertiary/aromatic N) is 2. The number of hydrogen-bond acceptors (Lipinski definition) is 3. The third-order valence-electron chi connectivity index (χ3n) is 3.92. The Kier molecular flexibility index (Phi) is 5.25. The standard InChI is InChI=1S/C16H27N3OS/c1-5-8-17-15(21)19-9-6-12(7-10-19)14-18-11-13(20-14)16(2,3)4/h11-12H,5-10H2,1-4H3,(H,17,21). The highest BCUT2D eigenvalue weighted by Gasteiger charge is 2.27. The topological polar surface area (TPSA) is 41.3 Å². The highest BCUT2D eigenvalue weighted by Crippen LogP contribution is 2.31. The van der Waals surface area contributed by atoms with Crippen molar-refractivity contribution in [3.8, 4) is 0 Å². The van der Waals surface area contributed by atoms with Crippen molar-refractivity contribution in [2.24, 2.45) is 0 Å². The van der Waals surface area contributed by atoms with Gasteiger partial charge in [0, 0.05) is 31.0 Å². The maximum absolute atomic E-state index is 5.97. The first-order valence-corrected chi connectivity index (χ1v) is 8.31. The van der Waals surface area contributed by atoms with E-state index in [9.17, 15) is 0 Å². The summed E-state index contributed by atoms with van der Waals surface area (Å²) in [6.07, 6.45) is 5.09. The Morgan fingerprint density at radius 1 is 1.43 bits per heavy atom. The zero-order valence-corrected chi connectivity index (χ0v) is 14.4. The Bertz CT molecular complexity index is 470. The van der Waals surface area contributed by atoms with Crippen molar-refractivity contribution in [3.63, 3.8) is 0 Å². The van der Waals surface area contributed by atoms with Gasteiger partial charge in [0.1, 0.15) is 5.76 Å². The van der Waals surface area contributed by atoms with E-state index in [4.69, 9.17) is 16.6 Å². The van der Waals surface area contributed by atoms with Crippen molar-refractivity contribution >= 4 is 17.3 Å². The number of aromatic nitrogens is 1. The third kappa shape index (κ3) is 4.19. The van der Waals surface area contributed by atoms with Gasteiger partial charge >= 0.3 is 0 Å². The van der Waals surface area contributed by atoms with Crippen LogP contribution in [0.4, 0.5) is 0 Å². The Morgan fingerprint density at radius 3 is 2.62 bits per heavy atom. The van der Waals surface area contributed by atoms with E-state index in [1.807, 2.05) is 6.20 Å². The van der Waals surface area contributed by atoms with Crippen LogP contribution in [0, 0.1) is 0 Å². The van der Waals surface area contributed by atoms with E-state index in [0.29, 0.717) is 5.92 Å². The van der Waals surface area contributed by atoms with Gasteiger partial charge in [-0.15, -0.1) is 0 Å². The fraction of sp³-hybridized carbons (Fsp3) is 0.750. The van der Waals surface area contributed by atoms with Gasteiger partial charge in [-0.25, -0.2) is 4.98 Å². The quantitative estimate of drug-likeness (QED) is 0.866. The minimum atomic E-state index is 0.0254. The van der Waals surface area contributed by atoms with Crippen molar-refractivity contribution in [1.82, 2.24) is 15.2 Å². The molecule has 1 aromatic heterocycles. The SMILES string of the molecule is CCCNC(=S)N1CCC(c2ncc(C(C)(C)C)o2)CC1. The average molecular weight is 309 g/mol. The van der Waals surface area contributed by atoms with Crippen LogP contribution in [0.1, 0.15) is 64.5 Å². The second kappa shape index (κ2) is 6.77. The average Bonchev–Trinajstić information content (AvgIpc) is 2.95. The molecule has 0 amide bonds. The number of likely N-dealkylation sites (tertiary alicyclic amines) is 1. The Hall–Kier alpha value is -1.10. The number of thiocarbonyl (C=S) groups is 1. The normalized spacial score (nSPS) is 17.0. The fourth-order valence-corrected chi connectivity index (χ4v) is 2.78. The molecule has 118 valence electrons. The van der Waals surface area contributed by atoms with E-state index in [2.05, 4.69) is 42.9 Å². The largest absolute Gasteiger partial charge is 0.445 e. The van der Waals surface area contributed by atoms with Gasteiger partial charge in [0.2, 0.25) is 0 Å². The maximum Gasteiger partial charge on any atom is 0.197 e. The van der Waals surface area contributed by atoms with Crippen LogP contribution in [0.2, 0.25) is 0 Å². The summed E-state index contributed by atoms with van der Waals surface area (Å²) in [4.78, 5) is 6.75. The Labute approximate surface area is 133 Å². The van der Waals surface area contributed by atoms with Crippen LogP contribution < -0.4 is 5.32 Å². The predicted molar refractivity (Wildman–Crippen MR) is 89.6 cm³/mol. The molecule has 1 fully saturated rings. The molecule has 4 nitrogen and oxygen atoms in total. The molecule has 1 aliphatic heterocycles. The molecule has 1 N–H and O–H groups in total. The molecule has 0 unspecified atom stereocenters. The van der Waals surface area contributed by atoms with Gasteiger partial charge < -0.3 is 14.6 Å². The molecule has 2 heterocycles. The molecule has 0 aromatic carbocycles. The predicted octanol–water partition coefficient (Wildman–Crippen LogP) is 3.44. The van der Waals surface area contributed by atoms with E-state index >= 15 is 0 Å². The number of hydrogen-bond donors (Lipinski definition) is 1. The van der Waals surface area contributed by atoms with Gasteiger partial charge in [0.15, 0.2) is 11.0 Å². The summed E-state index contributed by atoms with van der Waals surface area (Å²) in [5.41, 5.74) is 0.0254. The van der Waals surface area contributed by atoms with E-state index < -0.39 is 0 Å². The molecule has 1 aromatic rings. The smallest absolute Gasteiger partial charge is 0.197 e. The van der Waals surface area contributed by atoms with Crippen molar-refractivity contribution in [3.05, 3.63) is 17.8 Å². The maximum atomic E-state index is 5.97. The van der Waals surface area contributed by atoms with Gasteiger partial charge in [0.25, 0.3) is 0 Å². The van der Waals surface area contributed by atoms with Crippen LogP contribution in [0.15, 0.2) is 10.6 Å². The summed E-state index contributed by atoms with van der Waals surface area (Å²) in [5, 5.41) is 4.19. The summed E-state index contributed by atoms with van der Waals surface area (Å²) in [7, 11) is 0. The monoisotopic (exact) mass is 309 g/mol. The molecule has 0 spiro atoms. The van der Waals surface area contributed by atoms with Crippen molar-refractivity contribution in [1.29, 1.82) is 0 Å². The first-order valence-electron chi connectivity index (χ1n) is 7.90. The number of piperidine rings is 1. The Balaban J connectivity index is 1.89. The van der Waals surface area contributed by atoms with Crippen LogP contribution in [-0.4, -0.2) is 34.6 Å². The lowest BCUT2D eigenvalue weighted by Gasteiger charge is -2.32. The van der Waals surface area contributed by atoms with Crippen LogP contribution >= 0.6 is 12.2 Å². The van der Waals surface area contributed by atoms with Gasteiger partial charge in [-0.05, 0) is 31.5 Å². The van der Waals surface area contributed by atoms with Gasteiger partial charge in [0.05, 0.1) is 6.20 Å². The first kappa shape index (κ1) is 16.3. The van der Waals surface area contributed by atoms with Crippen LogP contribution in [0.3, 0.4) is 0 Å². The second-order valence-corrected chi connectivity index (χ2v) is 7.19. The van der Waals surface area contributed by atoms with Crippen molar-refractivity contribution < 1.29 is 4.42 Å². The molecule has 2 rings (SSSR count). The zero-order valence-electron chi connectivity index (χ0n) is 13.6. The van der Waals surface area contributed by atoms with Crippen molar-refractivity contribution in [2.45, 2.75) is 58.3 Å². The molecule has 0 saturated carbocycles. The van der Waals surface area contributed by atoms with E-state index in [-0.39, 0.29) is 5.41 Å².